The van der Waals surface area contributed by atoms with Crippen molar-refractivity contribution >= 4 is 0 Å². The van der Waals surface area contributed by atoms with Crippen molar-refractivity contribution in [1.29, 1.82) is 0 Å². The van der Waals surface area contributed by atoms with Crippen molar-refractivity contribution in [3.8, 4) is 0 Å². The van der Waals surface area contributed by atoms with Gasteiger partial charge < -0.3 is 5.32 Å². The first kappa shape index (κ1) is 11.8. The van der Waals surface area contributed by atoms with E-state index in [1.165, 1.54) is 0 Å². The van der Waals surface area contributed by atoms with Gasteiger partial charge in [0.25, 0.3) is 0 Å². The van der Waals surface area contributed by atoms with E-state index < -0.39 is 11.7 Å². The highest BCUT2D eigenvalue weighted by Crippen LogP contribution is 2.45. The molecule has 1 aliphatic rings. The van der Waals surface area contributed by atoms with Crippen LogP contribution in [-0.2, 0) is 0 Å². The van der Waals surface area contributed by atoms with Crippen LogP contribution in [0, 0.1) is 5.92 Å². The molecule has 0 heterocycles. The highest BCUT2D eigenvalue weighted by Gasteiger charge is 2.56. The average molecular weight is 209 g/mol. The molecule has 1 fully saturated rings. The molecule has 14 heavy (non-hydrogen) atoms. The zero-order valence-corrected chi connectivity index (χ0v) is 8.75. The Hall–Kier alpha value is -0.250. The van der Waals surface area contributed by atoms with Gasteiger partial charge in [-0.3, -0.25) is 0 Å². The topological polar surface area (TPSA) is 12.0 Å². The largest absolute Gasteiger partial charge is 0.406 e. The molecule has 0 aromatic carbocycles. The van der Waals surface area contributed by atoms with E-state index in [0.29, 0.717) is 13.0 Å². The maximum Gasteiger partial charge on any atom is 0.406 e. The Morgan fingerprint density at radius 2 is 2.07 bits per heavy atom. The second kappa shape index (κ2) is 4.09. The summed E-state index contributed by atoms with van der Waals surface area (Å²) < 4.78 is 38.6. The minimum absolute atomic E-state index is 0.181. The molecule has 0 aromatic rings. The van der Waals surface area contributed by atoms with Crippen molar-refractivity contribution in [2.24, 2.45) is 5.92 Å². The van der Waals surface area contributed by atoms with Crippen LogP contribution in [-0.4, -0.2) is 18.3 Å². The summed E-state index contributed by atoms with van der Waals surface area (Å²) in [5, 5.41) is 2.69. The van der Waals surface area contributed by atoms with E-state index in [1.54, 1.807) is 0 Å². The van der Waals surface area contributed by atoms with Crippen LogP contribution in [0.5, 0.6) is 0 Å². The highest BCUT2D eigenvalue weighted by molar-refractivity contribution is 5.00. The minimum atomic E-state index is -4.10. The van der Waals surface area contributed by atoms with Gasteiger partial charge in [-0.2, -0.15) is 13.2 Å². The van der Waals surface area contributed by atoms with E-state index in [4.69, 9.17) is 0 Å². The number of hydrogen-bond donors (Lipinski definition) is 1. The lowest BCUT2D eigenvalue weighted by molar-refractivity contribution is -0.195. The molecule has 1 rings (SSSR count). The number of halogens is 3. The molecule has 1 saturated carbocycles. The van der Waals surface area contributed by atoms with Crippen LogP contribution in [0.15, 0.2) is 0 Å². The molecule has 1 N–H and O–H groups in total. The SMILES string of the molecule is CCCNC1(C(F)(F)F)CCC(C)C1. The van der Waals surface area contributed by atoms with E-state index in [0.717, 1.165) is 6.42 Å². The second-order valence-corrected chi connectivity index (χ2v) is 4.35. The zero-order valence-electron chi connectivity index (χ0n) is 8.75. The third-order valence-electron chi connectivity index (χ3n) is 3.02. The van der Waals surface area contributed by atoms with Crippen LogP contribution in [0.3, 0.4) is 0 Å². The van der Waals surface area contributed by atoms with Gasteiger partial charge in [0.1, 0.15) is 5.54 Å². The number of nitrogens with one attached hydrogen (secondary N) is 1. The van der Waals surface area contributed by atoms with E-state index in [-0.39, 0.29) is 18.8 Å². The summed E-state index contributed by atoms with van der Waals surface area (Å²) in [4.78, 5) is 0. The summed E-state index contributed by atoms with van der Waals surface area (Å²) in [6.07, 6.45) is -2.22. The van der Waals surface area contributed by atoms with Crippen molar-refractivity contribution in [1.82, 2.24) is 5.32 Å². The molecule has 4 heteroatoms. The van der Waals surface area contributed by atoms with Crippen LogP contribution in [0.4, 0.5) is 13.2 Å². The summed E-state index contributed by atoms with van der Waals surface area (Å²) >= 11 is 0. The molecule has 0 amide bonds. The number of rotatable bonds is 3. The van der Waals surface area contributed by atoms with Crippen molar-refractivity contribution in [3.05, 3.63) is 0 Å². The Balaban J connectivity index is 2.70. The molecule has 2 atom stereocenters. The van der Waals surface area contributed by atoms with Crippen LogP contribution in [0.2, 0.25) is 0 Å². The van der Waals surface area contributed by atoms with Crippen LogP contribution >= 0.6 is 0 Å². The lowest BCUT2D eigenvalue weighted by Crippen LogP contribution is -2.55. The molecular weight excluding hydrogens is 191 g/mol. The average Bonchev–Trinajstić information content (AvgIpc) is 2.44. The Morgan fingerprint density at radius 3 is 2.43 bits per heavy atom. The first-order chi connectivity index (χ1) is 6.41. The minimum Gasteiger partial charge on any atom is -0.304 e. The molecule has 0 bridgehead atoms. The molecule has 1 aliphatic carbocycles. The molecule has 1 nitrogen and oxygen atoms in total. The quantitative estimate of drug-likeness (QED) is 0.753. The number of hydrogen-bond acceptors (Lipinski definition) is 1. The molecular formula is C10H18F3N. The molecule has 2 unspecified atom stereocenters. The molecule has 0 aliphatic heterocycles. The van der Waals surface area contributed by atoms with Gasteiger partial charge in [-0.1, -0.05) is 13.8 Å². The Labute approximate surface area is 83.1 Å². The summed E-state index contributed by atoms with van der Waals surface area (Å²) in [5.41, 5.74) is -1.59. The molecule has 0 radical (unpaired) electrons. The first-order valence-electron chi connectivity index (χ1n) is 5.23. The standard InChI is InChI=1S/C10H18F3N/c1-3-6-14-9(10(11,12)13)5-4-8(2)7-9/h8,14H,3-7H2,1-2H3. The van der Waals surface area contributed by atoms with Gasteiger partial charge in [-0.05, 0) is 38.1 Å². The zero-order chi connectivity index (χ0) is 10.8. The van der Waals surface area contributed by atoms with Gasteiger partial charge in [-0.15, -0.1) is 0 Å². The van der Waals surface area contributed by atoms with Gasteiger partial charge in [0.05, 0.1) is 0 Å². The van der Waals surface area contributed by atoms with E-state index >= 15 is 0 Å². The summed E-state index contributed by atoms with van der Waals surface area (Å²) in [6, 6.07) is 0. The molecule has 0 spiro atoms. The fourth-order valence-corrected chi connectivity index (χ4v) is 2.17. The Morgan fingerprint density at radius 1 is 1.43 bits per heavy atom. The maximum atomic E-state index is 12.9. The summed E-state index contributed by atoms with van der Waals surface area (Å²) in [5.74, 6) is 0.181. The third-order valence-corrected chi connectivity index (χ3v) is 3.02. The fourth-order valence-electron chi connectivity index (χ4n) is 2.17. The van der Waals surface area contributed by atoms with Gasteiger partial charge in [0, 0.05) is 0 Å². The van der Waals surface area contributed by atoms with Crippen LogP contribution in [0.25, 0.3) is 0 Å². The van der Waals surface area contributed by atoms with Crippen LogP contribution in [0.1, 0.15) is 39.5 Å². The van der Waals surface area contributed by atoms with E-state index in [2.05, 4.69) is 5.32 Å². The van der Waals surface area contributed by atoms with Gasteiger partial charge in [-0.25, -0.2) is 0 Å². The first-order valence-corrected chi connectivity index (χ1v) is 5.23. The predicted molar refractivity (Wildman–Crippen MR) is 50.1 cm³/mol. The van der Waals surface area contributed by atoms with Gasteiger partial charge in [0.15, 0.2) is 0 Å². The monoisotopic (exact) mass is 209 g/mol. The lowest BCUT2D eigenvalue weighted by atomic mass is 9.95. The van der Waals surface area contributed by atoms with Gasteiger partial charge >= 0.3 is 6.18 Å². The highest BCUT2D eigenvalue weighted by atomic mass is 19.4. The normalized spacial score (nSPS) is 33.6. The molecule has 0 saturated heterocycles. The van der Waals surface area contributed by atoms with Gasteiger partial charge in [0.2, 0.25) is 0 Å². The maximum absolute atomic E-state index is 12.9. The van der Waals surface area contributed by atoms with Crippen molar-refractivity contribution in [2.45, 2.75) is 51.2 Å². The number of alkyl halides is 3. The van der Waals surface area contributed by atoms with Crippen molar-refractivity contribution in [2.75, 3.05) is 6.54 Å². The molecule has 0 aromatic heterocycles. The second-order valence-electron chi connectivity index (χ2n) is 4.35. The predicted octanol–water partition coefficient (Wildman–Crippen LogP) is 3.11. The third kappa shape index (κ3) is 2.22. The fraction of sp³-hybridized carbons (Fsp3) is 1.00. The summed E-state index contributed by atoms with van der Waals surface area (Å²) in [7, 11) is 0. The smallest absolute Gasteiger partial charge is 0.304 e. The van der Waals surface area contributed by atoms with E-state index in [9.17, 15) is 13.2 Å². The summed E-state index contributed by atoms with van der Waals surface area (Å²) in [6.45, 7) is 4.23. The Bertz CT molecular complexity index is 190. The lowest BCUT2D eigenvalue weighted by Gasteiger charge is -2.33. The van der Waals surface area contributed by atoms with Crippen LogP contribution < -0.4 is 5.32 Å². The molecule has 84 valence electrons. The van der Waals surface area contributed by atoms with Crippen molar-refractivity contribution in [3.63, 3.8) is 0 Å². The van der Waals surface area contributed by atoms with Crippen molar-refractivity contribution < 1.29 is 13.2 Å². The Kier molecular flexibility index (Phi) is 3.45. The van der Waals surface area contributed by atoms with E-state index in [1.807, 2.05) is 13.8 Å².